The molecule has 0 saturated carbocycles. The number of hydrogen-bond acceptors (Lipinski definition) is 8. The summed E-state index contributed by atoms with van der Waals surface area (Å²) in [6.45, 7) is 3.29. The molecule has 5 unspecified atom stereocenters. The summed E-state index contributed by atoms with van der Waals surface area (Å²) in [6.07, 6.45) is -1.18. The van der Waals surface area contributed by atoms with Gasteiger partial charge in [0.1, 0.15) is 23.9 Å². The van der Waals surface area contributed by atoms with E-state index in [2.05, 4.69) is 16.0 Å². The molecule has 14 heteroatoms. The lowest BCUT2D eigenvalue weighted by atomic mass is 9.98. The summed E-state index contributed by atoms with van der Waals surface area (Å²) in [4.78, 5) is 72.4. The number of phenolic OH excluding ortho intramolecular Hbond substituents is 1. The number of aromatic hydroxyl groups is 1. The molecule has 1 aromatic rings. The van der Waals surface area contributed by atoms with E-state index in [1.54, 1.807) is 13.8 Å². The van der Waals surface area contributed by atoms with Crippen LogP contribution in [0.15, 0.2) is 24.3 Å². The van der Waals surface area contributed by atoms with Gasteiger partial charge in [0.05, 0.1) is 18.9 Å². The number of phenols is 1. The van der Waals surface area contributed by atoms with Crippen LogP contribution in [0.3, 0.4) is 0 Å². The maximum atomic E-state index is 12.8. The van der Waals surface area contributed by atoms with Gasteiger partial charge in [-0.2, -0.15) is 0 Å². The SMILES string of the molecule is CCC(C)C(NC(=O)C(CC(N)=O)NC(=O)C(CC(=O)O)NC(=O)C(N)Cc1ccc(O)cc1)C(=O)O. The minimum atomic E-state index is -1.68. The van der Waals surface area contributed by atoms with Crippen molar-refractivity contribution in [1.82, 2.24) is 16.0 Å². The molecule has 10 N–H and O–H groups in total. The third kappa shape index (κ3) is 10.5. The lowest BCUT2D eigenvalue weighted by Gasteiger charge is -2.25. The Labute approximate surface area is 212 Å². The highest BCUT2D eigenvalue weighted by molar-refractivity contribution is 5.97. The molecule has 5 atom stereocenters. The monoisotopic (exact) mass is 523 g/mol. The molecular weight excluding hydrogens is 490 g/mol. The van der Waals surface area contributed by atoms with E-state index in [4.69, 9.17) is 11.5 Å². The van der Waals surface area contributed by atoms with Gasteiger partial charge in [0.2, 0.25) is 23.6 Å². The largest absolute Gasteiger partial charge is 0.508 e. The van der Waals surface area contributed by atoms with Crippen LogP contribution < -0.4 is 27.4 Å². The van der Waals surface area contributed by atoms with Crippen LogP contribution in [0.2, 0.25) is 0 Å². The number of primary amides is 1. The van der Waals surface area contributed by atoms with Gasteiger partial charge in [0.15, 0.2) is 0 Å². The fourth-order valence-electron chi connectivity index (χ4n) is 3.26. The average molecular weight is 524 g/mol. The van der Waals surface area contributed by atoms with E-state index < -0.39 is 78.5 Å². The molecule has 0 spiro atoms. The number of rotatable bonds is 15. The Bertz CT molecular complexity index is 999. The predicted octanol–water partition coefficient (Wildman–Crippen LogP) is -1.80. The van der Waals surface area contributed by atoms with Gasteiger partial charge in [-0.05, 0) is 30.0 Å². The molecule has 0 heterocycles. The topological polar surface area (TPSA) is 251 Å². The highest BCUT2D eigenvalue weighted by Crippen LogP contribution is 2.11. The number of carboxylic acid groups (broad SMARTS) is 2. The van der Waals surface area contributed by atoms with E-state index in [0.717, 1.165) is 0 Å². The van der Waals surface area contributed by atoms with E-state index in [1.165, 1.54) is 24.3 Å². The minimum Gasteiger partial charge on any atom is -0.508 e. The molecule has 1 rings (SSSR count). The Hall–Kier alpha value is -4.20. The van der Waals surface area contributed by atoms with Crippen LogP contribution >= 0.6 is 0 Å². The van der Waals surface area contributed by atoms with Crippen LogP contribution in [0.25, 0.3) is 0 Å². The number of aliphatic carboxylic acids is 2. The lowest BCUT2D eigenvalue weighted by Crippen LogP contribution is -2.58. The maximum Gasteiger partial charge on any atom is 0.326 e. The third-order valence-electron chi connectivity index (χ3n) is 5.56. The van der Waals surface area contributed by atoms with Crippen molar-refractivity contribution in [2.75, 3.05) is 0 Å². The third-order valence-corrected chi connectivity index (χ3v) is 5.56. The standard InChI is InChI=1S/C23H33N5O9/c1-3-11(2)19(23(36)37)28-22(35)15(9-17(25)30)27-21(34)16(10-18(31)32)26-20(33)14(24)8-12-4-6-13(29)7-5-12/h4-7,11,14-16,19,29H,3,8-10,24H2,1-2H3,(H2,25,30)(H,26,33)(H,27,34)(H,28,35)(H,31,32)(H,36,37). The molecule has 0 radical (unpaired) electrons. The summed E-state index contributed by atoms with van der Waals surface area (Å²) in [7, 11) is 0. The highest BCUT2D eigenvalue weighted by atomic mass is 16.4. The van der Waals surface area contributed by atoms with Gasteiger partial charge < -0.3 is 42.7 Å². The average Bonchev–Trinajstić information content (AvgIpc) is 2.81. The van der Waals surface area contributed by atoms with Crippen molar-refractivity contribution in [3.63, 3.8) is 0 Å². The number of nitrogens with one attached hydrogen (secondary N) is 3. The zero-order valence-corrected chi connectivity index (χ0v) is 20.5. The summed E-state index contributed by atoms with van der Waals surface area (Å²) in [6, 6.07) is 0.0178. The summed E-state index contributed by atoms with van der Waals surface area (Å²) < 4.78 is 0. The molecule has 0 aliphatic heterocycles. The van der Waals surface area contributed by atoms with Crippen LogP contribution in [-0.2, 0) is 35.2 Å². The van der Waals surface area contributed by atoms with Crippen LogP contribution in [-0.4, -0.2) is 75.1 Å². The molecule has 4 amide bonds. The van der Waals surface area contributed by atoms with Crippen LogP contribution in [0.4, 0.5) is 0 Å². The molecule has 1 aromatic carbocycles. The molecule has 37 heavy (non-hydrogen) atoms. The van der Waals surface area contributed by atoms with Crippen molar-refractivity contribution in [2.45, 2.75) is 63.7 Å². The van der Waals surface area contributed by atoms with Gasteiger partial charge in [-0.3, -0.25) is 24.0 Å². The Morgan fingerprint density at radius 3 is 1.86 bits per heavy atom. The highest BCUT2D eigenvalue weighted by Gasteiger charge is 2.33. The van der Waals surface area contributed by atoms with Crippen molar-refractivity contribution >= 4 is 35.6 Å². The number of hydrogen-bond donors (Lipinski definition) is 8. The molecule has 0 aliphatic rings. The quantitative estimate of drug-likeness (QED) is 0.128. The second-order valence-corrected chi connectivity index (χ2v) is 8.58. The smallest absolute Gasteiger partial charge is 0.326 e. The first kappa shape index (κ1) is 30.8. The fraction of sp³-hybridized carbons (Fsp3) is 0.478. The zero-order chi connectivity index (χ0) is 28.3. The maximum absolute atomic E-state index is 12.8. The van der Waals surface area contributed by atoms with E-state index >= 15 is 0 Å². The van der Waals surface area contributed by atoms with Crippen LogP contribution in [0, 0.1) is 5.92 Å². The van der Waals surface area contributed by atoms with Crippen molar-refractivity contribution < 1.29 is 44.1 Å². The number of benzene rings is 1. The van der Waals surface area contributed by atoms with E-state index in [-0.39, 0.29) is 12.2 Å². The van der Waals surface area contributed by atoms with Crippen molar-refractivity contribution in [3.8, 4) is 5.75 Å². The molecule has 14 nitrogen and oxygen atoms in total. The summed E-state index contributed by atoms with van der Waals surface area (Å²) in [5.74, 6) is -7.27. The van der Waals surface area contributed by atoms with E-state index in [0.29, 0.717) is 12.0 Å². The van der Waals surface area contributed by atoms with E-state index in [1.807, 2.05) is 0 Å². The molecule has 0 saturated heterocycles. The van der Waals surface area contributed by atoms with Gasteiger partial charge in [-0.25, -0.2) is 4.79 Å². The Kier molecular flexibility index (Phi) is 12.0. The van der Waals surface area contributed by atoms with Crippen LogP contribution in [0.1, 0.15) is 38.7 Å². The molecule has 0 fully saturated rings. The molecule has 0 aromatic heterocycles. The van der Waals surface area contributed by atoms with Crippen molar-refractivity contribution in [2.24, 2.45) is 17.4 Å². The Balaban J connectivity index is 3.00. The first-order valence-corrected chi connectivity index (χ1v) is 11.4. The minimum absolute atomic E-state index is 0.00637. The molecular formula is C23H33N5O9. The van der Waals surface area contributed by atoms with Crippen LogP contribution in [0.5, 0.6) is 5.75 Å². The summed E-state index contributed by atoms with van der Waals surface area (Å²) in [5.41, 5.74) is 11.6. The summed E-state index contributed by atoms with van der Waals surface area (Å²) >= 11 is 0. The zero-order valence-electron chi connectivity index (χ0n) is 20.5. The number of carbonyl (C=O) groups is 6. The predicted molar refractivity (Wildman–Crippen MR) is 129 cm³/mol. The van der Waals surface area contributed by atoms with Crippen molar-refractivity contribution in [1.29, 1.82) is 0 Å². The molecule has 0 bridgehead atoms. The molecule has 0 aliphatic carbocycles. The van der Waals surface area contributed by atoms with Crippen molar-refractivity contribution in [3.05, 3.63) is 29.8 Å². The molecule has 204 valence electrons. The second-order valence-electron chi connectivity index (χ2n) is 8.58. The second kappa shape index (κ2) is 14.4. The number of carboxylic acids is 2. The van der Waals surface area contributed by atoms with Gasteiger partial charge >= 0.3 is 11.9 Å². The Morgan fingerprint density at radius 2 is 1.38 bits per heavy atom. The number of nitrogens with two attached hydrogens (primary N) is 2. The van der Waals surface area contributed by atoms with E-state index in [9.17, 15) is 44.1 Å². The summed E-state index contributed by atoms with van der Waals surface area (Å²) in [5, 5.41) is 34.6. The van der Waals surface area contributed by atoms with Gasteiger partial charge in [-0.1, -0.05) is 32.4 Å². The number of amides is 4. The van der Waals surface area contributed by atoms with Gasteiger partial charge in [0.25, 0.3) is 0 Å². The number of carbonyl (C=O) groups excluding carboxylic acids is 4. The lowest BCUT2D eigenvalue weighted by molar-refractivity contribution is -0.144. The first-order valence-electron chi connectivity index (χ1n) is 11.4. The first-order chi connectivity index (χ1) is 17.2. The Morgan fingerprint density at radius 1 is 0.865 bits per heavy atom. The normalized spacial score (nSPS) is 14.8. The van der Waals surface area contributed by atoms with Gasteiger partial charge in [0, 0.05) is 0 Å². The van der Waals surface area contributed by atoms with Gasteiger partial charge in [-0.15, -0.1) is 0 Å². The fourth-order valence-corrected chi connectivity index (χ4v) is 3.26.